The molecule has 1 saturated heterocycles. The van der Waals surface area contributed by atoms with Crippen LogP contribution in [-0.4, -0.2) is 48.5 Å². The molecule has 1 amide bonds. The Morgan fingerprint density at radius 2 is 1.88 bits per heavy atom. The van der Waals surface area contributed by atoms with Crippen molar-refractivity contribution in [3.8, 4) is 0 Å². The van der Waals surface area contributed by atoms with E-state index in [9.17, 15) is 4.79 Å². The third-order valence-electron chi connectivity index (χ3n) is 4.49. The summed E-state index contributed by atoms with van der Waals surface area (Å²) in [6.07, 6.45) is 1.84. The number of piperazine rings is 1. The average molecular weight is 352 g/mol. The molecule has 0 saturated carbocycles. The van der Waals surface area contributed by atoms with Crippen LogP contribution in [0.2, 0.25) is 0 Å². The van der Waals surface area contributed by atoms with Gasteiger partial charge in [-0.05, 0) is 11.5 Å². The molecule has 1 fully saturated rings. The van der Waals surface area contributed by atoms with Crippen molar-refractivity contribution < 1.29 is 4.79 Å². The molecule has 2 heterocycles. The van der Waals surface area contributed by atoms with E-state index < -0.39 is 0 Å². The van der Waals surface area contributed by atoms with Crippen molar-refractivity contribution in [2.24, 2.45) is 0 Å². The molecule has 25 heavy (non-hydrogen) atoms. The minimum absolute atomic E-state index is 0.0408. The van der Waals surface area contributed by atoms with E-state index in [0.717, 1.165) is 47.8 Å². The molecule has 0 radical (unpaired) electrons. The van der Waals surface area contributed by atoms with Gasteiger partial charge in [-0.15, -0.1) is 11.3 Å². The van der Waals surface area contributed by atoms with Crippen molar-refractivity contribution in [3.63, 3.8) is 0 Å². The fraction of sp³-hybridized carbons (Fsp3) is 0.263. The monoisotopic (exact) mass is 352 g/mol. The Hall–Kier alpha value is -2.44. The first kappa shape index (κ1) is 16.1. The number of benzene rings is 2. The summed E-state index contributed by atoms with van der Waals surface area (Å²) in [5, 5.41) is 8.35. The molecule has 6 heteroatoms. The zero-order valence-electron chi connectivity index (χ0n) is 13.9. The van der Waals surface area contributed by atoms with Gasteiger partial charge in [0.2, 0.25) is 5.91 Å². The van der Waals surface area contributed by atoms with Crippen LogP contribution < -0.4 is 10.2 Å². The SMILES string of the molecule is O=C(CN1CCN(c2nccs2)CC1)Nc1cccc2ccccc12. The molecule has 0 aliphatic carbocycles. The minimum Gasteiger partial charge on any atom is -0.346 e. The van der Waals surface area contributed by atoms with Gasteiger partial charge in [-0.1, -0.05) is 36.4 Å². The summed E-state index contributed by atoms with van der Waals surface area (Å²) >= 11 is 1.66. The average Bonchev–Trinajstić information content (AvgIpc) is 3.17. The standard InChI is InChI=1S/C19H20N4OS/c24-18(21-17-7-3-5-15-4-1-2-6-16(15)17)14-22-9-11-23(12-10-22)19-20-8-13-25-19/h1-8,13H,9-12,14H2,(H,21,24). The van der Waals surface area contributed by atoms with Crippen LogP contribution in [0.4, 0.5) is 10.8 Å². The zero-order chi connectivity index (χ0) is 17.1. The molecule has 5 nitrogen and oxygen atoms in total. The smallest absolute Gasteiger partial charge is 0.238 e. The van der Waals surface area contributed by atoms with Gasteiger partial charge in [0.1, 0.15) is 0 Å². The molecule has 0 atom stereocenters. The van der Waals surface area contributed by atoms with E-state index >= 15 is 0 Å². The highest BCUT2D eigenvalue weighted by Crippen LogP contribution is 2.23. The van der Waals surface area contributed by atoms with Crippen LogP contribution in [0.25, 0.3) is 10.8 Å². The number of aromatic nitrogens is 1. The molecule has 0 unspecified atom stereocenters. The van der Waals surface area contributed by atoms with E-state index in [1.165, 1.54) is 0 Å². The Labute approximate surface area is 150 Å². The van der Waals surface area contributed by atoms with Gasteiger partial charge in [-0.3, -0.25) is 9.69 Å². The van der Waals surface area contributed by atoms with Gasteiger partial charge >= 0.3 is 0 Å². The quantitative estimate of drug-likeness (QED) is 0.784. The molecule has 0 bridgehead atoms. The van der Waals surface area contributed by atoms with Crippen molar-refractivity contribution in [2.75, 3.05) is 42.9 Å². The van der Waals surface area contributed by atoms with Gasteiger partial charge in [0.15, 0.2) is 5.13 Å². The second-order valence-corrected chi connectivity index (χ2v) is 7.03. The van der Waals surface area contributed by atoms with Crippen molar-refractivity contribution in [1.82, 2.24) is 9.88 Å². The maximum Gasteiger partial charge on any atom is 0.238 e. The lowest BCUT2D eigenvalue weighted by atomic mass is 10.1. The van der Waals surface area contributed by atoms with E-state index in [-0.39, 0.29) is 5.91 Å². The Balaban J connectivity index is 1.35. The molecule has 1 N–H and O–H groups in total. The highest BCUT2D eigenvalue weighted by molar-refractivity contribution is 7.13. The van der Waals surface area contributed by atoms with Crippen molar-refractivity contribution >= 4 is 38.8 Å². The normalized spacial score (nSPS) is 15.4. The first-order chi connectivity index (χ1) is 12.3. The van der Waals surface area contributed by atoms with E-state index in [0.29, 0.717) is 6.54 Å². The number of anilines is 2. The number of rotatable bonds is 4. The first-order valence-corrected chi connectivity index (χ1v) is 9.32. The lowest BCUT2D eigenvalue weighted by Gasteiger charge is -2.34. The Kier molecular flexibility index (Phi) is 4.63. The van der Waals surface area contributed by atoms with Crippen LogP contribution in [0.1, 0.15) is 0 Å². The first-order valence-electron chi connectivity index (χ1n) is 8.44. The lowest BCUT2D eigenvalue weighted by molar-refractivity contribution is -0.117. The van der Waals surface area contributed by atoms with Crippen LogP contribution >= 0.6 is 11.3 Å². The highest BCUT2D eigenvalue weighted by atomic mass is 32.1. The molecule has 1 aromatic heterocycles. The van der Waals surface area contributed by atoms with E-state index in [2.05, 4.69) is 32.2 Å². The molecule has 1 aliphatic heterocycles. The number of fused-ring (bicyclic) bond motifs is 1. The molecule has 1 aliphatic rings. The van der Waals surface area contributed by atoms with Gasteiger partial charge < -0.3 is 10.2 Å². The Morgan fingerprint density at radius 1 is 1.08 bits per heavy atom. The predicted molar refractivity (Wildman–Crippen MR) is 103 cm³/mol. The second-order valence-electron chi connectivity index (χ2n) is 6.15. The van der Waals surface area contributed by atoms with Gasteiger partial charge in [0.25, 0.3) is 0 Å². The summed E-state index contributed by atoms with van der Waals surface area (Å²) in [7, 11) is 0. The summed E-state index contributed by atoms with van der Waals surface area (Å²) in [4.78, 5) is 21.3. The van der Waals surface area contributed by atoms with Gasteiger partial charge in [-0.2, -0.15) is 0 Å². The maximum absolute atomic E-state index is 12.5. The summed E-state index contributed by atoms with van der Waals surface area (Å²) in [5.41, 5.74) is 0.879. The van der Waals surface area contributed by atoms with E-state index in [1.54, 1.807) is 11.3 Å². The largest absolute Gasteiger partial charge is 0.346 e. The third kappa shape index (κ3) is 3.65. The van der Waals surface area contributed by atoms with Crippen LogP contribution in [0, 0.1) is 0 Å². The lowest BCUT2D eigenvalue weighted by Crippen LogP contribution is -2.48. The maximum atomic E-state index is 12.5. The fourth-order valence-corrected chi connectivity index (χ4v) is 3.89. The van der Waals surface area contributed by atoms with Crippen LogP contribution in [-0.2, 0) is 4.79 Å². The highest BCUT2D eigenvalue weighted by Gasteiger charge is 2.20. The van der Waals surface area contributed by atoms with Crippen LogP contribution in [0.5, 0.6) is 0 Å². The van der Waals surface area contributed by atoms with Crippen molar-refractivity contribution in [2.45, 2.75) is 0 Å². The van der Waals surface area contributed by atoms with E-state index in [1.807, 2.05) is 41.9 Å². The third-order valence-corrected chi connectivity index (χ3v) is 5.33. The van der Waals surface area contributed by atoms with Crippen molar-refractivity contribution in [1.29, 1.82) is 0 Å². The number of hydrogen-bond donors (Lipinski definition) is 1. The molecule has 2 aromatic carbocycles. The molecular formula is C19H20N4OS. The molecule has 0 spiro atoms. The summed E-state index contributed by atoms with van der Waals surface area (Å²) in [5.74, 6) is 0.0408. The summed E-state index contributed by atoms with van der Waals surface area (Å²) in [6, 6.07) is 14.1. The molecule has 128 valence electrons. The predicted octanol–water partition coefficient (Wildman–Crippen LogP) is 3.06. The van der Waals surface area contributed by atoms with Gasteiger partial charge in [0, 0.05) is 48.8 Å². The van der Waals surface area contributed by atoms with Crippen LogP contribution in [0.15, 0.2) is 54.0 Å². The number of nitrogens with one attached hydrogen (secondary N) is 1. The molecule has 4 rings (SSSR count). The number of nitrogens with zero attached hydrogens (tertiary/aromatic N) is 3. The van der Waals surface area contributed by atoms with Gasteiger partial charge in [-0.25, -0.2) is 4.98 Å². The van der Waals surface area contributed by atoms with Crippen LogP contribution in [0.3, 0.4) is 0 Å². The molecular weight excluding hydrogens is 332 g/mol. The zero-order valence-corrected chi connectivity index (χ0v) is 14.7. The summed E-state index contributed by atoms with van der Waals surface area (Å²) in [6.45, 7) is 4.00. The van der Waals surface area contributed by atoms with Crippen molar-refractivity contribution in [3.05, 3.63) is 54.0 Å². The molecule has 3 aromatic rings. The number of carbonyl (C=O) groups is 1. The Bertz CT molecular complexity index is 852. The van der Waals surface area contributed by atoms with Gasteiger partial charge in [0.05, 0.1) is 6.54 Å². The number of hydrogen-bond acceptors (Lipinski definition) is 5. The number of carbonyl (C=O) groups excluding carboxylic acids is 1. The minimum atomic E-state index is 0.0408. The summed E-state index contributed by atoms with van der Waals surface area (Å²) < 4.78 is 0. The topological polar surface area (TPSA) is 48.5 Å². The number of thiazole rings is 1. The second kappa shape index (κ2) is 7.21. The van der Waals surface area contributed by atoms with E-state index in [4.69, 9.17) is 0 Å². The fourth-order valence-electron chi connectivity index (χ4n) is 3.20. The number of amides is 1. The Morgan fingerprint density at radius 3 is 2.68 bits per heavy atom.